The number of anilines is 2. The van der Waals surface area contributed by atoms with Crippen LogP contribution >= 0.6 is 0 Å². The second-order valence-corrected chi connectivity index (χ2v) is 6.81. The zero-order chi connectivity index (χ0) is 19.3. The van der Waals surface area contributed by atoms with Crippen molar-refractivity contribution >= 4 is 17.3 Å². The number of amides is 1. The lowest BCUT2D eigenvalue weighted by Gasteiger charge is -2.17. The number of aryl methyl sites for hydroxylation is 1. The summed E-state index contributed by atoms with van der Waals surface area (Å²) < 4.78 is 18.2. The van der Waals surface area contributed by atoms with Crippen molar-refractivity contribution in [1.29, 1.82) is 0 Å². The third kappa shape index (κ3) is 4.36. The third-order valence-electron chi connectivity index (χ3n) is 4.76. The maximum Gasteiger partial charge on any atom is 0.227 e. The first-order valence-corrected chi connectivity index (χ1v) is 9.41. The van der Waals surface area contributed by atoms with Crippen molar-refractivity contribution in [2.45, 2.75) is 25.7 Å². The van der Waals surface area contributed by atoms with E-state index in [2.05, 4.69) is 20.4 Å². The van der Waals surface area contributed by atoms with Gasteiger partial charge in [0.2, 0.25) is 17.6 Å². The Balaban J connectivity index is 1.29. The first-order valence-electron chi connectivity index (χ1n) is 9.41. The van der Waals surface area contributed by atoms with E-state index < -0.39 is 0 Å². The quantitative estimate of drug-likeness (QED) is 0.699. The van der Waals surface area contributed by atoms with E-state index in [9.17, 15) is 9.18 Å². The molecule has 2 aromatic carbocycles. The molecule has 1 aromatic heterocycles. The van der Waals surface area contributed by atoms with Gasteiger partial charge in [-0.15, -0.1) is 0 Å². The van der Waals surface area contributed by atoms with Crippen LogP contribution in [0.2, 0.25) is 0 Å². The van der Waals surface area contributed by atoms with Crippen LogP contribution < -0.4 is 10.2 Å². The topological polar surface area (TPSA) is 71.3 Å². The van der Waals surface area contributed by atoms with Crippen LogP contribution in [0.1, 0.15) is 25.2 Å². The normalized spacial score (nSPS) is 13.7. The molecule has 144 valence electrons. The summed E-state index contributed by atoms with van der Waals surface area (Å²) >= 11 is 0. The fraction of sp³-hybridized carbons (Fsp3) is 0.286. The molecule has 1 amide bonds. The number of rotatable bonds is 6. The van der Waals surface area contributed by atoms with E-state index >= 15 is 0 Å². The summed E-state index contributed by atoms with van der Waals surface area (Å²) in [4.78, 5) is 18.8. The lowest BCUT2D eigenvalue weighted by Crippen LogP contribution is -2.17. The van der Waals surface area contributed by atoms with E-state index in [0.717, 1.165) is 18.8 Å². The molecule has 0 spiro atoms. The number of hydrogen-bond acceptors (Lipinski definition) is 5. The average Bonchev–Trinajstić information content (AvgIpc) is 3.40. The first kappa shape index (κ1) is 18.2. The maximum absolute atomic E-state index is 13.0. The smallest absolute Gasteiger partial charge is 0.227 e. The third-order valence-corrected chi connectivity index (χ3v) is 4.76. The van der Waals surface area contributed by atoms with Crippen LogP contribution in [-0.4, -0.2) is 29.1 Å². The van der Waals surface area contributed by atoms with Crippen molar-refractivity contribution in [3.63, 3.8) is 0 Å². The van der Waals surface area contributed by atoms with Gasteiger partial charge >= 0.3 is 0 Å². The highest BCUT2D eigenvalue weighted by Gasteiger charge is 2.13. The van der Waals surface area contributed by atoms with Gasteiger partial charge in [0.1, 0.15) is 5.82 Å². The molecule has 0 unspecified atom stereocenters. The summed E-state index contributed by atoms with van der Waals surface area (Å²) in [6.45, 7) is 2.19. The highest BCUT2D eigenvalue weighted by molar-refractivity contribution is 5.90. The zero-order valence-corrected chi connectivity index (χ0v) is 15.4. The van der Waals surface area contributed by atoms with Crippen LogP contribution in [0.4, 0.5) is 15.8 Å². The van der Waals surface area contributed by atoms with Gasteiger partial charge in [0.25, 0.3) is 0 Å². The fourth-order valence-corrected chi connectivity index (χ4v) is 3.25. The number of nitrogens with zero attached hydrogens (tertiary/aromatic N) is 3. The minimum absolute atomic E-state index is 0.115. The van der Waals surface area contributed by atoms with Crippen molar-refractivity contribution in [2.75, 3.05) is 23.3 Å². The van der Waals surface area contributed by atoms with E-state index in [1.54, 1.807) is 12.1 Å². The van der Waals surface area contributed by atoms with E-state index in [-0.39, 0.29) is 18.1 Å². The van der Waals surface area contributed by atoms with Crippen LogP contribution in [-0.2, 0) is 11.2 Å². The minimum atomic E-state index is -0.322. The Morgan fingerprint density at radius 2 is 1.79 bits per heavy atom. The Labute approximate surface area is 162 Å². The number of halogens is 1. The molecule has 0 saturated carbocycles. The van der Waals surface area contributed by atoms with Gasteiger partial charge in [-0.25, -0.2) is 4.39 Å². The van der Waals surface area contributed by atoms with Gasteiger partial charge in [-0.2, -0.15) is 4.98 Å². The molecular formula is C21H21FN4O2. The molecule has 4 rings (SSSR count). The highest BCUT2D eigenvalue weighted by Crippen LogP contribution is 2.22. The Morgan fingerprint density at radius 3 is 2.50 bits per heavy atom. The molecule has 3 aromatic rings. The van der Waals surface area contributed by atoms with Crippen molar-refractivity contribution in [2.24, 2.45) is 0 Å². The molecule has 1 aliphatic heterocycles. The van der Waals surface area contributed by atoms with Crippen LogP contribution in [0.5, 0.6) is 0 Å². The Kier molecular flexibility index (Phi) is 5.32. The van der Waals surface area contributed by atoms with E-state index in [1.165, 1.54) is 30.7 Å². The van der Waals surface area contributed by atoms with Crippen LogP contribution in [0.25, 0.3) is 11.4 Å². The van der Waals surface area contributed by atoms with Crippen LogP contribution in [0.15, 0.2) is 53.1 Å². The highest BCUT2D eigenvalue weighted by atomic mass is 19.1. The molecule has 0 radical (unpaired) electrons. The lowest BCUT2D eigenvalue weighted by molar-refractivity contribution is -0.116. The molecule has 7 heteroatoms. The predicted octanol–water partition coefficient (Wildman–Crippen LogP) is 4.05. The molecule has 1 N–H and O–H groups in total. The average molecular weight is 380 g/mol. The predicted molar refractivity (Wildman–Crippen MR) is 105 cm³/mol. The summed E-state index contributed by atoms with van der Waals surface area (Å²) in [6.07, 6.45) is 3.04. The molecule has 0 aliphatic carbocycles. The lowest BCUT2D eigenvalue weighted by atomic mass is 10.2. The molecule has 1 aliphatic rings. The van der Waals surface area contributed by atoms with E-state index in [0.29, 0.717) is 23.7 Å². The van der Waals surface area contributed by atoms with Crippen molar-refractivity contribution in [1.82, 2.24) is 10.1 Å². The Bertz CT molecular complexity index is 932. The summed E-state index contributed by atoms with van der Waals surface area (Å²) in [7, 11) is 0. The maximum atomic E-state index is 13.0. The zero-order valence-electron chi connectivity index (χ0n) is 15.4. The first-order chi connectivity index (χ1) is 13.7. The van der Waals surface area contributed by atoms with Crippen LogP contribution in [0.3, 0.4) is 0 Å². The Morgan fingerprint density at radius 1 is 1.07 bits per heavy atom. The standard InChI is InChI=1S/C21H21FN4O2/c22-16-5-3-15(4-6-16)21-24-20(28-25-21)12-11-19(27)23-17-7-9-18(10-8-17)26-13-1-2-14-26/h3-10H,1-2,11-14H2,(H,23,27). The SMILES string of the molecule is O=C(CCc1nc(-c2ccc(F)cc2)no1)Nc1ccc(N2CCCC2)cc1. The van der Waals surface area contributed by atoms with Gasteiger partial charge in [-0.05, 0) is 61.4 Å². The molecule has 2 heterocycles. The van der Waals surface area contributed by atoms with Gasteiger partial charge in [0.05, 0.1) is 0 Å². The number of carbonyl (C=O) groups excluding carboxylic acids is 1. The molecule has 28 heavy (non-hydrogen) atoms. The van der Waals surface area contributed by atoms with Gasteiger partial charge in [-0.1, -0.05) is 5.16 Å². The van der Waals surface area contributed by atoms with Crippen molar-refractivity contribution < 1.29 is 13.7 Å². The van der Waals surface area contributed by atoms with Crippen molar-refractivity contribution in [3.05, 3.63) is 60.2 Å². The van der Waals surface area contributed by atoms with E-state index in [4.69, 9.17) is 4.52 Å². The van der Waals surface area contributed by atoms with Gasteiger partial charge in [-0.3, -0.25) is 4.79 Å². The summed E-state index contributed by atoms with van der Waals surface area (Å²) in [5.41, 5.74) is 2.62. The molecular weight excluding hydrogens is 359 g/mol. The van der Waals surface area contributed by atoms with Crippen LogP contribution in [0, 0.1) is 5.82 Å². The number of hydrogen-bond donors (Lipinski definition) is 1. The minimum Gasteiger partial charge on any atom is -0.372 e. The second-order valence-electron chi connectivity index (χ2n) is 6.81. The molecule has 0 atom stereocenters. The Hall–Kier alpha value is -3.22. The molecule has 6 nitrogen and oxygen atoms in total. The van der Waals surface area contributed by atoms with Gasteiger partial charge < -0.3 is 14.7 Å². The fourth-order valence-electron chi connectivity index (χ4n) is 3.25. The van der Waals surface area contributed by atoms with Crippen molar-refractivity contribution in [3.8, 4) is 11.4 Å². The van der Waals surface area contributed by atoms with Gasteiger partial charge in [0.15, 0.2) is 0 Å². The number of carbonyl (C=O) groups is 1. The summed E-state index contributed by atoms with van der Waals surface area (Å²) in [5, 5.41) is 6.77. The van der Waals surface area contributed by atoms with E-state index in [1.807, 2.05) is 24.3 Å². The number of benzene rings is 2. The summed E-state index contributed by atoms with van der Waals surface area (Å²) in [5.74, 6) is 0.319. The molecule has 1 saturated heterocycles. The largest absolute Gasteiger partial charge is 0.372 e. The van der Waals surface area contributed by atoms with Gasteiger partial charge in [0, 0.05) is 42.9 Å². The monoisotopic (exact) mass is 380 g/mol. The molecule has 1 fully saturated rings. The summed E-state index contributed by atoms with van der Waals surface area (Å²) in [6, 6.07) is 13.8. The number of aromatic nitrogens is 2. The second kappa shape index (κ2) is 8.21. The number of nitrogens with one attached hydrogen (secondary N) is 1. The molecule has 0 bridgehead atoms.